The summed E-state index contributed by atoms with van der Waals surface area (Å²) < 4.78 is 16.5. The first kappa shape index (κ1) is 16.2. The third-order valence-electron chi connectivity index (χ3n) is 3.83. The summed E-state index contributed by atoms with van der Waals surface area (Å²) in [6, 6.07) is 9.39. The molecule has 1 aliphatic heterocycles. The quantitative estimate of drug-likeness (QED) is 0.935. The average Bonchev–Trinajstić information content (AvgIpc) is 2.56. The van der Waals surface area contributed by atoms with Crippen molar-refractivity contribution in [2.24, 2.45) is 0 Å². The monoisotopic (exact) mass is 327 g/mol. The summed E-state index contributed by atoms with van der Waals surface area (Å²) in [5.41, 5.74) is 4.10. The van der Waals surface area contributed by atoms with Crippen LogP contribution in [0, 0.1) is 20.8 Å². The first-order valence-corrected chi connectivity index (χ1v) is 7.93. The Morgan fingerprint density at radius 1 is 1.04 bits per heavy atom. The Morgan fingerprint density at radius 2 is 1.71 bits per heavy atom. The Balaban J connectivity index is 1.62. The van der Waals surface area contributed by atoms with Crippen LogP contribution >= 0.6 is 0 Å². The normalized spacial score (nSPS) is 12.6. The molecular weight excluding hydrogens is 306 g/mol. The summed E-state index contributed by atoms with van der Waals surface area (Å²) in [6.07, 6.45) is 0. The molecule has 0 aliphatic carbocycles. The Hall–Kier alpha value is -2.69. The number of fused-ring (bicyclic) bond motifs is 1. The first-order chi connectivity index (χ1) is 11.5. The van der Waals surface area contributed by atoms with Gasteiger partial charge in [-0.25, -0.2) is 0 Å². The van der Waals surface area contributed by atoms with Crippen molar-refractivity contribution in [3.8, 4) is 17.2 Å². The van der Waals surface area contributed by atoms with Crippen molar-refractivity contribution >= 4 is 11.6 Å². The molecule has 0 atom stereocenters. The SMILES string of the molecule is Cc1cc(C)c(NC(=O)COc2ccc3c(c2)OCCO3)c(C)c1. The summed E-state index contributed by atoms with van der Waals surface area (Å²) >= 11 is 0. The molecule has 1 heterocycles. The minimum Gasteiger partial charge on any atom is -0.486 e. The van der Waals surface area contributed by atoms with Gasteiger partial charge < -0.3 is 19.5 Å². The van der Waals surface area contributed by atoms with Crippen LogP contribution in [0.4, 0.5) is 5.69 Å². The van der Waals surface area contributed by atoms with Crippen molar-refractivity contribution in [2.75, 3.05) is 25.1 Å². The highest BCUT2D eigenvalue weighted by atomic mass is 16.6. The summed E-state index contributed by atoms with van der Waals surface area (Å²) in [5, 5.41) is 2.92. The maximum atomic E-state index is 12.2. The fraction of sp³-hybridized carbons (Fsp3) is 0.316. The van der Waals surface area contributed by atoms with Crippen molar-refractivity contribution < 1.29 is 19.0 Å². The van der Waals surface area contributed by atoms with E-state index in [1.807, 2.05) is 32.9 Å². The molecule has 0 spiro atoms. The lowest BCUT2D eigenvalue weighted by atomic mass is 10.1. The molecule has 0 aromatic heterocycles. The molecule has 0 unspecified atom stereocenters. The van der Waals surface area contributed by atoms with E-state index < -0.39 is 0 Å². The van der Waals surface area contributed by atoms with Crippen LogP contribution in [0.1, 0.15) is 16.7 Å². The number of rotatable bonds is 4. The number of hydrogen-bond donors (Lipinski definition) is 1. The predicted molar refractivity (Wildman–Crippen MR) is 92.2 cm³/mol. The van der Waals surface area contributed by atoms with Crippen molar-refractivity contribution in [3.63, 3.8) is 0 Å². The molecule has 1 amide bonds. The second-order valence-corrected chi connectivity index (χ2v) is 5.92. The Labute approximate surface area is 141 Å². The van der Waals surface area contributed by atoms with Crippen LogP contribution in [0.2, 0.25) is 0 Å². The van der Waals surface area contributed by atoms with Crippen molar-refractivity contribution in [1.29, 1.82) is 0 Å². The number of aryl methyl sites for hydroxylation is 3. The van der Waals surface area contributed by atoms with E-state index in [1.165, 1.54) is 5.56 Å². The van der Waals surface area contributed by atoms with Gasteiger partial charge in [0.15, 0.2) is 18.1 Å². The Bertz CT molecular complexity index is 747. The molecule has 24 heavy (non-hydrogen) atoms. The topological polar surface area (TPSA) is 56.8 Å². The molecule has 0 saturated carbocycles. The average molecular weight is 327 g/mol. The molecule has 5 heteroatoms. The van der Waals surface area contributed by atoms with Crippen LogP contribution in [0.5, 0.6) is 17.2 Å². The zero-order valence-electron chi connectivity index (χ0n) is 14.1. The second-order valence-electron chi connectivity index (χ2n) is 5.92. The van der Waals surface area contributed by atoms with Crippen LogP contribution in [0.25, 0.3) is 0 Å². The number of hydrogen-bond acceptors (Lipinski definition) is 4. The van der Waals surface area contributed by atoms with Crippen molar-refractivity contribution in [2.45, 2.75) is 20.8 Å². The van der Waals surface area contributed by atoms with Gasteiger partial charge in [0.2, 0.25) is 0 Å². The number of nitrogens with one attached hydrogen (secondary N) is 1. The minimum absolute atomic E-state index is 0.0631. The molecule has 0 radical (unpaired) electrons. The highest BCUT2D eigenvalue weighted by molar-refractivity contribution is 5.93. The predicted octanol–water partition coefficient (Wildman–Crippen LogP) is 3.40. The molecule has 126 valence electrons. The number of ether oxygens (including phenoxy) is 3. The molecule has 0 bridgehead atoms. The largest absolute Gasteiger partial charge is 0.486 e. The number of amides is 1. The van der Waals surface area contributed by atoms with E-state index in [2.05, 4.69) is 5.32 Å². The van der Waals surface area contributed by atoms with Gasteiger partial charge in [0.25, 0.3) is 5.91 Å². The van der Waals surface area contributed by atoms with E-state index in [0.717, 1.165) is 16.8 Å². The zero-order chi connectivity index (χ0) is 17.1. The Morgan fingerprint density at radius 3 is 2.42 bits per heavy atom. The maximum absolute atomic E-state index is 12.2. The molecule has 3 rings (SSSR count). The van der Waals surface area contributed by atoms with Gasteiger partial charge in [0, 0.05) is 11.8 Å². The lowest BCUT2D eigenvalue weighted by Gasteiger charge is -2.19. The fourth-order valence-corrected chi connectivity index (χ4v) is 2.82. The van der Waals surface area contributed by atoms with Crippen LogP contribution in [0.3, 0.4) is 0 Å². The third kappa shape index (κ3) is 3.62. The van der Waals surface area contributed by atoms with Gasteiger partial charge in [0.1, 0.15) is 19.0 Å². The standard InChI is InChI=1S/C19H21NO4/c1-12-8-13(2)19(14(3)9-12)20-18(21)11-24-15-4-5-16-17(10-15)23-7-6-22-16/h4-5,8-10H,6-7,11H2,1-3H3,(H,20,21). The molecule has 1 N–H and O–H groups in total. The fourth-order valence-electron chi connectivity index (χ4n) is 2.82. The molecule has 0 saturated heterocycles. The van der Waals surface area contributed by atoms with Gasteiger partial charge in [-0.2, -0.15) is 0 Å². The van der Waals surface area contributed by atoms with Gasteiger partial charge in [0.05, 0.1) is 0 Å². The molecule has 1 aliphatic rings. The summed E-state index contributed by atoms with van der Waals surface area (Å²) in [5.74, 6) is 1.72. The number of benzene rings is 2. The van der Waals surface area contributed by atoms with E-state index in [-0.39, 0.29) is 12.5 Å². The van der Waals surface area contributed by atoms with E-state index in [1.54, 1.807) is 18.2 Å². The maximum Gasteiger partial charge on any atom is 0.262 e. The van der Waals surface area contributed by atoms with E-state index in [4.69, 9.17) is 14.2 Å². The third-order valence-corrected chi connectivity index (χ3v) is 3.83. The molecule has 2 aromatic carbocycles. The minimum atomic E-state index is -0.194. The van der Waals surface area contributed by atoms with Crippen molar-refractivity contribution in [3.05, 3.63) is 47.0 Å². The number of anilines is 1. The molecule has 2 aromatic rings. The molecule has 5 nitrogen and oxygen atoms in total. The second kappa shape index (κ2) is 6.83. The lowest BCUT2D eigenvalue weighted by molar-refractivity contribution is -0.118. The Kier molecular flexibility index (Phi) is 4.60. The van der Waals surface area contributed by atoms with Gasteiger partial charge in [-0.3, -0.25) is 4.79 Å². The summed E-state index contributed by atoms with van der Waals surface area (Å²) in [4.78, 5) is 12.2. The number of carbonyl (C=O) groups excluding carboxylic acids is 1. The lowest BCUT2D eigenvalue weighted by Crippen LogP contribution is -2.21. The summed E-state index contributed by atoms with van der Waals surface area (Å²) in [6.45, 7) is 7.01. The first-order valence-electron chi connectivity index (χ1n) is 7.93. The van der Waals surface area contributed by atoms with Crippen LogP contribution in [-0.4, -0.2) is 25.7 Å². The summed E-state index contributed by atoms with van der Waals surface area (Å²) in [7, 11) is 0. The van der Waals surface area contributed by atoms with E-state index in [9.17, 15) is 4.79 Å². The van der Waals surface area contributed by atoms with E-state index in [0.29, 0.717) is 30.5 Å². The molecular formula is C19H21NO4. The van der Waals surface area contributed by atoms with Gasteiger partial charge in [-0.1, -0.05) is 17.7 Å². The highest BCUT2D eigenvalue weighted by Gasteiger charge is 2.13. The van der Waals surface area contributed by atoms with Crippen LogP contribution < -0.4 is 19.5 Å². The highest BCUT2D eigenvalue weighted by Crippen LogP contribution is 2.33. The van der Waals surface area contributed by atoms with Crippen LogP contribution in [-0.2, 0) is 4.79 Å². The zero-order valence-corrected chi connectivity index (χ0v) is 14.1. The van der Waals surface area contributed by atoms with Gasteiger partial charge in [-0.05, 0) is 44.0 Å². The smallest absolute Gasteiger partial charge is 0.262 e. The van der Waals surface area contributed by atoms with Crippen LogP contribution in [0.15, 0.2) is 30.3 Å². The van der Waals surface area contributed by atoms with Gasteiger partial charge in [-0.15, -0.1) is 0 Å². The van der Waals surface area contributed by atoms with E-state index >= 15 is 0 Å². The number of carbonyl (C=O) groups is 1. The molecule has 0 fully saturated rings. The van der Waals surface area contributed by atoms with Crippen molar-refractivity contribution in [1.82, 2.24) is 0 Å². The van der Waals surface area contributed by atoms with Gasteiger partial charge >= 0.3 is 0 Å².